The Labute approximate surface area is 160 Å². The van der Waals surface area contributed by atoms with Crippen molar-refractivity contribution in [2.45, 2.75) is 5.16 Å². The Hall–Kier alpha value is -2.35. The van der Waals surface area contributed by atoms with Gasteiger partial charge in [0.1, 0.15) is 11.1 Å². The number of nitrogens with two attached hydrogens (primary N) is 1. The maximum atomic E-state index is 12.1. The molecule has 0 aliphatic carbocycles. The van der Waals surface area contributed by atoms with E-state index < -0.39 is 0 Å². The van der Waals surface area contributed by atoms with Gasteiger partial charge in [0.2, 0.25) is 11.1 Å². The summed E-state index contributed by atoms with van der Waals surface area (Å²) in [5, 5.41) is 22.5. The number of halogens is 1. The normalized spacial score (nSPS) is 10.4. The number of nitrogens with one attached hydrogen (secondary N) is 1. The molecule has 3 N–H and O–H groups in total. The second kappa shape index (κ2) is 7.69. The van der Waals surface area contributed by atoms with Gasteiger partial charge < -0.3 is 11.2 Å². The summed E-state index contributed by atoms with van der Waals surface area (Å²) in [6.07, 6.45) is 0. The lowest BCUT2D eigenvalue weighted by atomic mass is 10.2. The number of nitrogens with zero attached hydrogens (tertiary/aromatic N) is 4. The molecule has 0 saturated carbocycles. The smallest absolute Gasteiger partial charge is 0.235 e. The molecule has 0 radical (unpaired) electrons. The number of aromatic nitrogens is 3. The highest BCUT2D eigenvalue weighted by Crippen LogP contribution is 2.28. The summed E-state index contributed by atoms with van der Waals surface area (Å²) in [6, 6.07) is 11.2. The molecule has 126 valence electrons. The van der Waals surface area contributed by atoms with Crippen molar-refractivity contribution >= 4 is 49.9 Å². The number of carbonyl (C=O) groups is 1. The van der Waals surface area contributed by atoms with Crippen molar-refractivity contribution in [3.05, 3.63) is 45.7 Å². The molecule has 1 aromatic carbocycles. The third-order valence-corrected chi connectivity index (χ3v) is 5.61. The highest BCUT2D eigenvalue weighted by atomic mass is 79.9. The number of anilines is 1. The molecule has 2 heterocycles. The molecule has 0 spiro atoms. The summed E-state index contributed by atoms with van der Waals surface area (Å²) < 4.78 is 2.20. The second-order valence-electron chi connectivity index (χ2n) is 4.77. The zero-order chi connectivity index (χ0) is 17.8. The Bertz CT molecular complexity index is 961. The summed E-state index contributed by atoms with van der Waals surface area (Å²) in [5.74, 6) is 6.41. The average molecular weight is 435 g/mol. The summed E-state index contributed by atoms with van der Waals surface area (Å²) in [7, 11) is 0. The van der Waals surface area contributed by atoms with Crippen LogP contribution in [0.15, 0.2) is 45.3 Å². The molecule has 0 fully saturated rings. The molecule has 0 unspecified atom stereocenters. The van der Waals surface area contributed by atoms with Crippen LogP contribution >= 0.6 is 39.0 Å². The van der Waals surface area contributed by atoms with Crippen molar-refractivity contribution in [1.82, 2.24) is 14.9 Å². The van der Waals surface area contributed by atoms with E-state index in [0.717, 1.165) is 10.0 Å². The molecule has 2 aromatic heterocycles. The number of hydrogen-bond acceptors (Lipinski definition) is 7. The Balaban J connectivity index is 1.68. The maximum absolute atomic E-state index is 12.1. The SMILES string of the molecule is N#Cc1ccsc1NC(=O)CSc1nnc(-c2ccccc2Br)n1N. The number of benzene rings is 1. The number of nitrogen functional groups attached to an aromatic ring is 1. The van der Waals surface area contributed by atoms with Crippen molar-refractivity contribution in [3.63, 3.8) is 0 Å². The first-order valence-corrected chi connectivity index (χ1v) is 9.61. The molecule has 3 aromatic rings. The van der Waals surface area contributed by atoms with Crippen molar-refractivity contribution in [3.8, 4) is 17.5 Å². The van der Waals surface area contributed by atoms with Crippen LogP contribution in [0.1, 0.15) is 5.56 Å². The van der Waals surface area contributed by atoms with E-state index in [0.29, 0.717) is 21.5 Å². The molecule has 0 aliphatic heterocycles. The first-order chi connectivity index (χ1) is 12.1. The Morgan fingerprint density at radius 2 is 2.20 bits per heavy atom. The van der Waals surface area contributed by atoms with Crippen LogP contribution < -0.4 is 11.2 Å². The van der Waals surface area contributed by atoms with Crippen LogP contribution in [0.5, 0.6) is 0 Å². The summed E-state index contributed by atoms with van der Waals surface area (Å²) in [6.45, 7) is 0. The largest absolute Gasteiger partial charge is 0.335 e. The molecular formula is C15H11BrN6OS2. The minimum atomic E-state index is -0.241. The lowest BCUT2D eigenvalue weighted by Crippen LogP contribution is -2.16. The van der Waals surface area contributed by atoms with Gasteiger partial charge in [-0.3, -0.25) is 4.79 Å². The van der Waals surface area contributed by atoms with E-state index in [1.807, 2.05) is 30.3 Å². The van der Waals surface area contributed by atoms with Crippen LogP contribution in [-0.4, -0.2) is 26.5 Å². The number of thioether (sulfide) groups is 1. The van der Waals surface area contributed by atoms with E-state index in [4.69, 9.17) is 11.1 Å². The van der Waals surface area contributed by atoms with Gasteiger partial charge in [-0.25, -0.2) is 4.68 Å². The third-order valence-electron chi connectivity index (χ3n) is 3.15. The van der Waals surface area contributed by atoms with E-state index in [1.54, 1.807) is 11.4 Å². The van der Waals surface area contributed by atoms with Crippen LogP contribution in [0.4, 0.5) is 5.00 Å². The average Bonchev–Trinajstić information content (AvgIpc) is 3.20. The van der Waals surface area contributed by atoms with Crippen molar-refractivity contribution in [1.29, 1.82) is 5.26 Å². The van der Waals surface area contributed by atoms with Gasteiger partial charge in [-0.2, -0.15) is 5.26 Å². The second-order valence-corrected chi connectivity index (χ2v) is 7.48. The molecule has 1 amide bonds. The molecule has 3 rings (SSSR count). The standard InChI is InChI=1S/C15H11BrN6OS2/c16-11-4-2-1-3-10(11)13-20-21-15(22(13)18)25-8-12(23)19-14-9(7-17)5-6-24-14/h1-6H,8,18H2,(H,19,23). The lowest BCUT2D eigenvalue weighted by Gasteiger charge is -2.05. The van der Waals surface area contributed by atoms with Gasteiger partial charge in [0, 0.05) is 10.0 Å². The number of hydrogen-bond donors (Lipinski definition) is 2. The monoisotopic (exact) mass is 434 g/mol. The molecule has 10 heteroatoms. The lowest BCUT2D eigenvalue weighted by molar-refractivity contribution is -0.113. The number of rotatable bonds is 5. The fraction of sp³-hybridized carbons (Fsp3) is 0.0667. The van der Waals surface area contributed by atoms with Crippen molar-refractivity contribution in [2.24, 2.45) is 0 Å². The third kappa shape index (κ3) is 3.84. The van der Waals surface area contributed by atoms with Gasteiger partial charge in [0.05, 0.1) is 11.3 Å². The highest BCUT2D eigenvalue weighted by Gasteiger charge is 2.16. The van der Waals surface area contributed by atoms with Crippen LogP contribution in [0, 0.1) is 11.3 Å². The molecular weight excluding hydrogens is 424 g/mol. The quantitative estimate of drug-likeness (QED) is 0.471. The maximum Gasteiger partial charge on any atom is 0.235 e. The predicted octanol–water partition coefficient (Wildman–Crippen LogP) is 3.09. The summed E-state index contributed by atoms with van der Waals surface area (Å²) in [4.78, 5) is 12.1. The van der Waals surface area contributed by atoms with Crippen LogP contribution in [0.2, 0.25) is 0 Å². The van der Waals surface area contributed by atoms with Gasteiger partial charge in [0.15, 0.2) is 5.82 Å². The Morgan fingerprint density at radius 1 is 1.40 bits per heavy atom. The summed E-state index contributed by atoms with van der Waals surface area (Å²) in [5.41, 5.74) is 1.26. The Morgan fingerprint density at radius 3 is 2.96 bits per heavy atom. The minimum absolute atomic E-state index is 0.105. The molecule has 0 bridgehead atoms. The fourth-order valence-electron chi connectivity index (χ4n) is 1.99. The number of thiophene rings is 1. The molecule has 0 saturated heterocycles. The number of nitriles is 1. The van der Waals surface area contributed by atoms with Gasteiger partial charge in [-0.05, 0) is 23.6 Å². The topological polar surface area (TPSA) is 110 Å². The molecule has 25 heavy (non-hydrogen) atoms. The first kappa shape index (κ1) is 17.5. The van der Waals surface area contributed by atoms with E-state index in [-0.39, 0.29) is 11.7 Å². The predicted molar refractivity (Wildman–Crippen MR) is 102 cm³/mol. The molecule has 0 atom stereocenters. The van der Waals surface area contributed by atoms with Gasteiger partial charge in [-0.1, -0.05) is 39.8 Å². The van der Waals surface area contributed by atoms with Crippen LogP contribution in [0.3, 0.4) is 0 Å². The fourth-order valence-corrected chi connectivity index (χ4v) is 3.86. The minimum Gasteiger partial charge on any atom is -0.335 e. The van der Waals surface area contributed by atoms with Gasteiger partial charge in [-0.15, -0.1) is 21.5 Å². The van der Waals surface area contributed by atoms with E-state index in [9.17, 15) is 4.79 Å². The number of amides is 1. The molecule has 0 aliphatic rings. The van der Waals surface area contributed by atoms with Crippen LogP contribution in [0.25, 0.3) is 11.4 Å². The number of carbonyl (C=O) groups excluding carboxylic acids is 1. The van der Waals surface area contributed by atoms with Crippen molar-refractivity contribution in [2.75, 3.05) is 16.9 Å². The van der Waals surface area contributed by atoms with Crippen molar-refractivity contribution < 1.29 is 4.79 Å². The van der Waals surface area contributed by atoms with E-state index >= 15 is 0 Å². The van der Waals surface area contributed by atoms with E-state index in [2.05, 4.69) is 31.4 Å². The summed E-state index contributed by atoms with van der Waals surface area (Å²) >= 11 is 5.93. The zero-order valence-corrected chi connectivity index (χ0v) is 15.9. The first-order valence-electron chi connectivity index (χ1n) is 6.95. The molecule has 7 nitrogen and oxygen atoms in total. The Kier molecular flexibility index (Phi) is 5.37. The van der Waals surface area contributed by atoms with Crippen LogP contribution in [-0.2, 0) is 4.79 Å². The van der Waals surface area contributed by atoms with E-state index in [1.165, 1.54) is 27.8 Å². The van der Waals surface area contributed by atoms with Gasteiger partial charge in [0.25, 0.3) is 0 Å². The zero-order valence-electron chi connectivity index (χ0n) is 12.6. The van der Waals surface area contributed by atoms with Gasteiger partial charge >= 0.3 is 0 Å². The highest BCUT2D eigenvalue weighted by molar-refractivity contribution is 9.10.